The predicted molar refractivity (Wildman–Crippen MR) is 68.0 cm³/mol. The first-order valence-electron chi connectivity index (χ1n) is 6.48. The van der Waals surface area contributed by atoms with Crippen LogP contribution >= 0.6 is 11.8 Å². The van der Waals surface area contributed by atoms with E-state index >= 15 is 0 Å². The fraction of sp³-hybridized carbons (Fsp3) is 0.917. The molecule has 2 saturated heterocycles. The van der Waals surface area contributed by atoms with Crippen molar-refractivity contribution in [2.45, 2.75) is 62.5 Å². The van der Waals surface area contributed by atoms with Crippen LogP contribution in [0.1, 0.15) is 39.0 Å². The highest BCUT2D eigenvalue weighted by atomic mass is 32.2. The summed E-state index contributed by atoms with van der Waals surface area (Å²) >= 11 is 1.93. The zero-order chi connectivity index (χ0) is 11.0. The van der Waals surface area contributed by atoms with Crippen LogP contribution in [0.5, 0.6) is 0 Å². The van der Waals surface area contributed by atoms with Crippen LogP contribution < -0.4 is 5.32 Å². The topological polar surface area (TPSA) is 33.6 Å². The zero-order valence-corrected chi connectivity index (χ0v) is 10.6. The maximum atomic E-state index is 5.84. The van der Waals surface area contributed by atoms with Gasteiger partial charge in [0.25, 0.3) is 0 Å². The van der Waals surface area contributed by atoms with Crippen LogP contribution in [0.25, 0.3) is 0 Å². The van der Waals surface area contributed by atoms with Crippen molar-refractivity contribution in [2.24, 2.45) is 4.99 Å². The summed E-state index contributed by atoms with van der Waals surface area (Å²) in [7, 11) is 0. The number of amidine groups is 1. The molecule has 1 N–H and O–H groups in total. The molecule has 16 heavy (non-hydrogen) atoms. The number of nitrogens with zero attached hydrogens (tertiary/aromatic N) is 1. The van der Waals surface area contributed by atoms with Crippen LogP contribution in [0.3, 0.4) is 0 Å². The normalized spacial score (nSPS) is 41.4. The molecule has 3 heterocycles. The summed E-state index contributed by atoms with van der Waals surface area (Å²) in [5.41, 5.74) is 0. The first-order valence-corrected chi connectivity index (χ1v) is 7.36. The van der Waals surface area contributed by atoms with E-state index in [1.807, 2.05) is 11.8 Å². The van der Waals surface area contributed by atoms with E-state index < -0.39 is 0 Å². The fourth-order valence-corrected chi connectivity index (χ4v) is 4.10. The van der Waals surface area contributed by atoms with E-state index in [-0.39, 0.29) is 0 Å². The molecule has 3 aliphatic rings. The molecule has 3 rings (SSSR count). The highest BCUT2D eigenvalue weighted by Crippen LogP contribution is 2.35. The van der Waals surface area contributed by atoms with Crippen molar-refractivity contribution in [1.82, 2.24) is 5.32 Å². The molecule has 0 aliphatic carbocycles. The summed E-state index contributed by atoms with van der Waals surface area (Å²) in [6, 6.07) is 0.533. The van der Waals surface area contributed by atoms with E-state index in [1.165, 1.54) is 37.3 Å². The second-order valence-electron chi connectivity index (χ2n) is 5.03. The van der Waals surface area contributed by atoms with Crippen LogP contribution in [-0.4, -0.2) is 35.2 Å². The molecule has 90 valence electrons. The predicted octanol–water partition coefficient (Wildman–Crippen LogP) is 2.17. The number of hydrogen-bond acceptors (Lipinski definition) is 4. The number of fused-ring (bicyclic) bond motifs is 2. The van der Waals surface area contributed by atoms with E-state index in [4.69, 9.17) is 4.74 Å². The van der Waals surface area contributed by atoms with E-state index in [2.05, 4.69) is 17.2 Å². The summed E-state index contributed by atoms with van der Waals surface area (Å²) in [6.45, 7) is 3.25. The molecule has 2 bridgehead atoms. The Morgan fingerprint density at radius 2 is 2.44 bits per heavy atom. The fourth-order valence-electron chi connectivity index (χ4n) is 2.92. The van der Waals surface area contributed by atoms with Gasteiger partial charge in [0.1, 0.15) is 0 Å². The van der Waals surface area contributed by atoms with Gasteiger partial charge in [-0.1, -0.05) is 25.1 Å². The van der Waals surface area contributed by atoms with Gasteiger partial charge in [-0.15, -0.1) is 0 Å². The lowest BCUT2D eigenvalue weighted by Gasteiger charge is -2.20. The standard InChI is InChI=1S/C12H20N2OS/c1-2-3-9-7-13-12(16-9)14-10-6-8-4-5-11(10)15-8/h8-11H,2-7H2,1H3,(H,13,14). The highest BCUT2D eigenvalue weighted by molar-refractivity contribution is 8.14. The van der Waals surface area contributed by atoms with Gasteiger partial charge in [0, 0.05) is 5.25 Å². The lowest BCUT2D eigenvalue weighted by atomic mass is 9.96. The highest BCUT2D eigenvalue weighted by Gasteiger charge is 2.41. The third kappa shape index (κ3) is 2.09. The smallest absolute Gasteiger partial charge is 0.157 e. The van der Waals surface area contributed by atoms with Crippen molar-refractivity contribution in [1.29, 1.82) is 0 Å². The van der Waals surface area contributed by atoms with Crippen molar-refractivity contribution in [3.63, 3.8) is 0 Å². The minimum atomic E-state index is 0.457. The van der Waals surface area contributed by atoms with Gasteiger partial charge in [0.15, 0.2) is 5.17 Å². The molecule has 0 amide bonds. The molecule has 0 aromatic heterocycles. The Labute approximate surface area is 101 Å². The summed E-state index contributed by atoms with van der Waals surface area (Å²) in [4.78, 5) is 4.60. The van der Waals surface area contributed by atoms with Gasteiger partial charge in [-0.05, 0) is 25.7 Å². The number of thioether (sulfide) groups is 1. The molecule has 0 spiro atoms. The first kappa shape index (κ1) is 10.9. The second-order valence-corrected chi connectivity index (χ2v) is 6.32. The molecule has 2 fully saturated rings. The molecular formula is C12H20N2OS. The van der Waals surface area contributed by atoms with E-state index in [1.54, 1.807) is 0 Å². The minimum Gasteiger partial charge on any atom is -0.373 e. The molecule has 0 aromatic carbocycles. The van der Waals surface area contributed by atoms with Crippen LogP contribution in [0.15, 0.2) is 4.99 Å². The Bertz CT molecular complexity index is 295. The summed E-state index contributed by atoms with van der Waals surface area (Å²) < 4.78 is 5.84. The number of nitrogens with one attached hydrogen (secondary N) is 1. The zero-order valence-electron chi connectivity index (χ0n) is 9.82. The van der Waals surface area contributed by atoms with Crippen LogP contribution in [-0.2, 0) is 4.74 Å². The van der Waals surface area contributed by atoms with E-state index in [0.29, 0.717) is 23.5 Å². The molecule has 3 aliphatic heterocycles. The maximum Gasteiger partial charge on any atom is 0.157 e. The van der Waals surface area contributed by atoms with Crippen molar-refractivity contribution < 1.29 is 4.74 Å². The molecule has 0 radical (unpaired) electrons. The quantitative estimate of drug-likeness (QED) is 0.821. The molecule has 3 nitrogen and oxygen atoms in total. The Kier molecular flexibility index (Phi) is 3.11. The molecule has 4 unspecified atom stereocenters. The number of ether oxygens (including phenoxy) is 1. The van der Waals surface area contributed by atoms with Crippen molar-refractivity contribution in [2.75, 3.05) is 6.54 Å². The van der Waals surface area contributed by atoms with E-state index in [0.717, 1.165) is 6.54 Å². The number of hydrogen-bond donors (Lipinski definition) is 1. The average Bonchev–Trinajstić information content (AvgIpc) is 2.95. The third-order valence-electron chi connectivity index (χ3n) is 3.74. The van der Waals surface area contributed by atoms with Crippen molar-refractivity contribution in [3.8, 4) is 0 Å². The van der Waals surface area contributed by atoms with Crippen LogP contribution in [0.2, 0.25) is 0 Å². The van der Waals surface area contributed by atoms with Gasteiger partial charge < -0.3 is 10.1 Å². The molecule has 4 heteroatoms. The Morgan fingerprint density at radius 3 is 3.12 bits per heavy atom. The summed E-state index contributed by atoms with van der Waals surface area (Å²) in [5.74, 6) is 0. The minimum absolute atomic E-state index is 0.457. The van der Waals surface area contributed by atoms with Gasteiger partial charge in [0.2, 0.25) is 0 Å². The summed E-state index contributed by atoms with van der Waals surface area (Å²) in [6.07, 6.45) is 7.21. The van der Waals surface area contributed by atoms with Crippen molar-refractivity contribution in [3.05, 3.63) is 0 Å². The molecule has 4 atom stereocenters. The molecule has 0 aromatic rings. The lowest BCUT2D eigenvalue weighted by Crippen LogP contribution is -2.39. The van der Waals surface area contributed by atoms with Gasteiger partial charge in [-0.3, -0.25) is 4.99 Å². The van der Waals surface area contributed by atoms with Gasteiger partial charge >= 0.3 is 0 Å². The maximum absolute atomic E-state index is 5.84. The van der Waals surface area contributed by atoms with Gasteiger partial charge in [-0.2, -0.15) is 0 Å². The van der Waals surface area contributed by atoms with Crippen LogP contribution in [0.4, 0.5) is 0 Å². The Balaban J connectivity index is 1.49. The van der Waals surface area contributed by atoms with Crippen molar-refractivity contribution >= 4 is 16.9 Å². The van der Waals surface area contributed by atoms with Crippen LogP contribution in [0, 0.1) is 0 Å². The summed E-state index contributed by atoms with van der Waals surface area (Å²) in [5, 5.41) is 5.47. The Morgan fingerprint density at radius 1 is 1.50 bits per heavy atom. The van der Waals surface area contributed by atoms with Gasteiger partial charge in [-0.25, -0.2) is 0 Å². The largest absolute Gasteiger partial charge is 0.373 e. The number of rotatable bonds is 3. The van der Waals surface area contributed by atoms with E-state index in [9.17, 15) is 0 Å². The second kappa shape index (κ2) is 4.57. The molecule has 0 saturated carbocycles. The number of aliphatic imine (C=N–C) groups is 1. The third-order valence-corrected chi connectivity index (χ3v) is 4.93. The van der Waals surface area contributed by atoms with Gasteiger partial charge in [0.05, 0.1) is 24.8 Å². The lowest BCUT2D eigenvalue weighted by molar-refractivity contribution is 0.0994. The monoisotopic (exact) mass is 240 g/mol. The average molecular weight is 240 g/mol. The first-order chi connectivity index (χ1) is 7.85. The molecular weight excluding hydrogens is 220 g/mol. The SMILES string of the molecule is CCCC1CN=C(NC2CC3CCC2O3)S1. The Hall–Kier alpha value is -0.220.